The van der Waals surface area contributed by atoms with Crippen LogP contribution in [0.1, 0.15) is 19.8 Å². The summed E-state index contributed by atoms with van der Waals surface area (Å²) < 4.78 is 0. The lowest BCUT2D eigenvalue weighted by atomic mass is 10.1. The summed E-state index contributed by atoms with van der Waals surface area (Å²) in [4.78, 5) is 3.92. The van der Waals surface area contributed by atoms with E-state index in [2.05, 4.69) is 23.1 Å². The Labute approximate surface area is 84.7 Å². The van der Waals surface area contributed by atoms with Gasteiger partial charge in [-0.3, -0.25) is 4.98 Å². The molecule has 0 aliphatic rings. The van der Waals surface area contributed by atoms with Crippen LogP contribution in [0.15, 0.2) is 18.5 Å². The molecule has 1 unspecified atom stereocenters. The van der Waals surface area contributed by atoms with E-state index in [1.807, 2.05) is 6.07 Å². The number of aromatic nitrogens is 1. The van der Waals surface area contributed by atoms with Crippen LogP contribution in [0.5, 0.6) is 0 Å². The third-order valence-electron chi connectivity index (χ3n) is 2.07. The van der Waals surface area contributed by atoms with Crippen LogP contribution in [-0.2, 0) is 0 Å². The van der Waals surface area contributed by atoms with Gasteiger partial charge in [0.25, 0.3) is 0 Å². The van der Waals surface area contributed by atoms with Crippen LogP contribution in [-0.4, -0.2) is 11.0 Å². The van der Waals surface area contributed by atoms with E-state index in [1.165, 1.54) is 0 Å². The second-order valence-corrected chi connectivity index (χ2v) is 3.12. The van der Waals surface area contributed by atoms with Gasteiger partial charge in [-0.1, -0.05) is 6.92 Å². The van der Waals surface area contributed by atoms with Gasteiger partial charge < -0.3 is 11.1 Å². The normalized spacial score (nSPS) is 11.7. The van der Waals surface area contributed by atoms with Gasteiger partial charge in [-0.2, -0.15) is 0 Å². The van der Waals surface area contributed by atoms with Crippen molar-refractivity contribution in [3.8, 4) is 12.3 Å². The molecule has 1 rings (SSSR count). The number of terminal acetylenes is 1. The van der Waals surface area contributed by atoms with Crippen LogP contribution in [0.25, 0.3) is 0 Å². The largest absolute Gasteiger partial charge is 0.396 e. The first kappa shape index (κ1) is 10.4. The Balaban J connectivity index is 2.68. The number of nitrogens with zero attached hydrogens (tertiary/aromatic N) is 1. The molecule has 1 heterocycles. The van der Waals surface area contributed by atoms with Gasteiger partial charge in [0.05, 0.1) is 17.6 Å². The quantitative estimate of drug-likeness (QED) is 0.711. The molecule has 0 aromatic carbocycles. The number of hydrogen-bond donors (Lipinski definition) is 2. The Bertz CT molecular complexity index is 328. The molecule has 14 heavy (non-hydrogen) atoms. The van der Waals surface area contributed by atoms with Crippen molar-refractivity contribution in [2.75, 3.05) is 11.1 Å². The van der Waals surface area contributed by atoms with E-state index in [1.54, 1.807) is 12.4 Å². The first-order valence-electron chi connectivity index (χ1n) is 4.67. The maximum atomic E-state index is 5.74. The molecular weight excluding hydrogens is 174 g/mol. The molecule has 74 valence electrons. The maximum Gasteiger partial charge on any atom is 0.0736 e. The number of hydrogen-bond acceptors (Lipinski definition) is 3. The van der Waals surface area contributed by atoms with Gasteiger partial charge in [0, 0.05) is 18.7 Å². The summed E-state index contributed by atoms with van der Waals surface area (Å²) in [5, 5.41) is 3.29. The predicted octanol–water partition coefficient (Wildman–Crippen LogP) is 1.88. The molecule has 0 saturated heterocycles. The Morgan fingerprint density at radius 1 is 1.71 bits per heavy atom. The summed E-state index contributed by atoms with van der Waals surface area (Å²) in [5.74, 6) is 2.64. The van der Waals surface area contributed by atoms with Crippen molar-refractivity contribution in [1.82, 2.24) is 4.98 Å². The minimum Gasteiger partial charge on any atom is -0.396 e. The molecule has 3 heteroatoms. The Kier molecular flexibility index (Phi) is 3.81. The molecule has 0 fully saturated rings. The first-order valence-corrected chi connectivity index (χ1v) is 4.67. The van der Waals surface area contributed by atoms with Crippen LogP contribution in [0.4, 0.5) is 11.4 Å². The molecule has 0 radical (unpaired) electrons. The second-order valence-electron chi connectivity index (χ2n) is 3.12. The van der Waals surface area contributed by atoms with E-state index < -0.39 is 0 Å². The highest BCUT2D eigenvalue weighted by Crippen LogP contribution is 2.17. The Morgan fingerprint density at radius 2 is 2.50 bits per heavy atom. The second kappa shape index (κ2) is 5.13. The Morgan fingerprint density at radius 3 is 3.07 bits per heavy atom. The number of pyridine rings is 1. The van der Waals surface area contributed by atoms with Crippen LogP contribution in [0, 0.1) is 12.3 Å². The number of anilines is 2. The molecule has 1 atom stereocenters. The fourth-order valence-electron chi connectivity index (χ4n) is 1.20. The van der Waals surface area contributed by atoms with Gasteiger partial charge in [-0.05, 0) is 12.5 Å². The van der Waals surface area contributed by atoms with Crippen LogP contribution in [0.3, 0.4) is 0 Å². The summed E-state index contributed by atoms with van der Waals surface area (Å²) in [6, 6.07) is 2.14. The lowest BCUT2D eigenvalue weighted by Crippen LogP contribution is -2.18. The highest BCUT2D eigenvalue weighted by molar-refractivity contribution is 5.64. The van der Waals surface area contributed by atoms with Crippen molar-refractivity contribution in [2.45, 2.75) is 25.8 Å². The summed E-state index contributed by atoms with van der Waals surface area (Å²) in [6.07, 6.45) is 10.3. The van der Waals surface area contributed by atoms with E-state index in [4.69, 9.17) is 12.2 Å². The standard InChI is InChI=1S/C11H15N3/c1-3-5-9(4-2)14-11-6-7-13-8-10(11)12/h1,6-9H,4-5,12H2,2H3,(H,13,14). The zero-order valence-corrected chi connectivity index (χ0v) is 8.33. The molecule has 3 N–H and O–H groups in total. The highest BCUT2D eigenvalue weighted by atomic mass is 14.9. The molecule has 0 aliphatic carbocycles. The number of nitrogens with one attached hydrogen (secondary N) is 1. The van der Waals surface area contributed by atoms with E-state index >= 15 is 0 Å². The maximum absolute atomic E-state index is 5.74. The van der Waals surface area contributed by atoms with Gasteiger partial charge in [-0.15, -0.1) is 12.3 Å². The van der Waals surface area contributed by atoms with Crippen molar-refractivity contribution >= 4 is 11.4 Å². The van der Waals surface area contributed by atoms with E-state index in [0.717, 1.165) is 12.1 Å². The minimum absolute atomic E-state index is 0.282. The summed E-state index contributed by atoms with van der Waals surface area (Å²) in [6.45, 7) is 2.09. The van der Waals surface area contributed by atoms with Crippen molar-refractivity contribution in [3.05, 3.63) is 18.5 Å². The zero-order chi connectivity index (χ0) is 10.4. The van der Waals surface area contributed by atoms with Crippen LogP contribution >= 0.6 is 0 Å². The molecule has 1 aromatic heterocycles. The van der Waals surface area contributed by atoms with Crippen molar-refractivity contribution in [3.63, 3.8) is 0 Å². The van der Waals surface area contributed by atoms with E-state index in [0.29, 0.717) is 12.1 Å². The third kappa shape index (κ3) is 2.67. The van der Waals surface area contributed by atoms with E-state index in [-0.39, 0.29) is 6.04 Å². The summed E-state index contributed by atoms with van der Waals surface area (Å²) in [5.41, 5.74) is 7.30. The smallest absolute Gasteiger partial charge is 0.0736 e. The lowest BCUT2D eigenvalue weighted by Gasteiger charge is -2.16. The first-order chi connectivity index (χ1) is 6.77. The molecule has 0 amide bonds. The molecule has 1 aromatic rings. The molecular formula is C11H15N3. The SMILES string of the molecule is C#CCC(CC)Nc1ccncc1N. The van der Waals surface area contributed by atoms with Gasteiger partial charge in [0.15, 0.2) is 0 Å². The predicted molar refractivity (Wildman–Crippen MR) is 59.8 cm³/mol. The fourth-order valence-corrected chi connectivity index (χ4v) is 1.20. The molecule has 0 bridgehead atoms. The van der Waals surface area contributed by atoms with Gasteiger partial charge >= 0.3 is 0 Å². The monoisotopic (exact) mass is 189 g/mol. The third-order valence-corrected chi connectivity index (χ3v) is 2.07. The lowest BCUT2D eigenvalue weighted by molar-refractivity contribution is 0.716. The minimum atomic E-state index is 0.282. The number of rotatable bonds is 4. The van der Waals surface area contributed by atoms with Crippen molar-refractivity contribution in [1.29, 1.82) is 0 Å². The van der Waals surface area contributed by atoms with Gasteiger partial charge in [0.1, 0.15) is 0 Å². The van der Waals surface area contributed by atoms with Crippen molar-refractivity contribution in [2.24, 2.45) is 0 Å². The number of nitrogen functional groups attached to an aromatic ring is 1. The molecule has 0 aliphatic heterocycles. The van der Waals surface area contributed by atoms with Crippen LogP contribution < -0.4 is 11.1 Å². The highest BCUT2D eigenvalue weighted by Gasteiger charge is 2.05. The summed E-state index contributed by atoms with van der Waals surface area (Å²) >= 11 is 0. The fraction of sp³-hybridized carbons (Fsp3) is 0.364. The van der Waals surface area contributed by atoms with Gasteiger partial charge in [-0.25, -0.2) is 0 Å². The number of nitrogens with two attached hydrogens (primary N) is 1. The van der Waals surface area contributed by atoms with E-state index in [9.17, 15) is 0 Å². The van der Waals surface area contributed by atoms with Crippen molar-refractivity contribution < 1.29 is 0 Å². The molecule has 3 nitrogen and oxygen atoms in total. The molecule has 0 saturated carbocycles. The molecule has 0 spiro atoms. The zero-order valence-electron chi connectivity index (χ0n) is 8.33. The van der Waals surface area contributed by atoms with Gasteiger partial charge in [0.2, 0.25) is 0 Å². The average Bonchev–Trinajstić information content (AvgIpc) is 2.20. The summed E-state index contributed by atoms with van der Waals surface area (Å²) in [7, 11) is 0. The van der Waals surface area contributed by atoms with Crippen LogP contribution in [0.2, 0.25) is 0 Å². The average molecular weight is 189 g/mol. The Hall–Kier alpha value is -1.69. The topological polar surface area (TPSA) is 50.9 Å².